The third-order valence-electron chi connectivity index (χ3n) is 0.539. The minimum Gasteiger partial charge on any atom is -0.352 e. The Bertz CT molecular complexity index is 54.5. The molecule has 8 heavy (non-hydrogen) atoms. The van der Waals surface area contributed by atoms with Crippen LogP contribution in [0.1, 0.15) is 0 Å². The summed E-state index contributed by atoms with van der Waals surface area (Å²) < 4.78 is 6.04. The van der Waals surface area contributed by atoms with Crippen molar-refractivity contribution in [1.82, 2.24) is 9.30 Å². The number of halogens is 1. The molecule has 0 aromatic carbocycles. The molecule has 0 aliphatic carbocycles. The van der Waals surface area contributed by atoms with Crippen molar-refractivity contribution in [3.63, 3.8) is 0 Å². The molecule has 0 aliphatic rings. The van der Waals surface area contributed by atoms with Crippen molar-refractivity contribution in [2.24, 2.45) is 0 Å². The zero-order valence-corrected chi connectivity index (χ0v) is 8.34. The first-order chi connectivity index (χ1) is 3.81. The van der Waals surface area contributed by atoms with Crippen LogP contribution in [-0.2, 0) is 0 Å². The Hall–Kier alpha value is 0.861. The van der Waals surface area contributed by atoms with E-state index in [0.29, 0.717) is 9.84 Å². The molecule has 0 aromatic heterocycles. The summed E-state index contributed by atoms with van der Waals surface area (Å²) in [7, 11) is 3.24. The molecule has 0 rings (SSSR count). The van der Waals surface area contributed by atoms with Gasteiger partial charge in [0.15, 0.2) is 0 Å². The minimum atomic E-state index is -0.457. The molecule has 0 saturated carbocycles. The topological polar surface area (TPSA) is 24.1 Å². The van der Waals surface area contributed by atoms with Crippen LogP contribution >= 0.6 is 11.6 Å². The molecule has 0 aliphatic heterocycles. The van der Waals surface area contributed by atoms with E-state index in [1.54, 1.807) is 0 Å². The van der Waals surface area contributed by atoms with Gasteiger partial charge in [-0.1, -0.05) is 6.55 Å². The van der Waals surface area contributed by atoms with Gasteiger partial charge in [0.25, 0.3) is 0 Å². The highest BCUT2D eigenvalue weighted by Crippen LogP contribution is 1.77. The number of nitrogens with one attached hydrogen (secondary N) is 2. The molecule has 0 atom stereocenters. The molecule has 0 saturated heterocycles. The first-order valence-electron chi connectivity index (χ1n) is 2.12. The maximum Gasteiger partial charge on any atom is 0.229 e. The Morgan fingerprint density at radius 2 is 2.50 bits per heavy atom. The fourth-order valence-electron chi connectivity index (χ4n) is 0.171. The van der Waals surface area contributed by atoms with Gasteiger partial charge in [-0.2, -0.15) is 0 Å². The van der Waals surface area contributed by atoms with Crippen molar-refractivity contribution in [2.45, 2.75) is 6.55 Å². The standard InChI is InChI=1S/C2H7ClN2Si3/c1-8(2-3)5-7-4-6/h4-5H,2H2,1H3. The summed E-state index contributed by atoms with van der Waals surface area (Å²) in [6, 6.07) is 0. The van der Waals surface area contributed by atoms with Gasteiger partial charge in [-0.15, -0.1) is 11.6 Å². The van der Waals surface area contributed by atoms with Crippen LogP contribution in [0.4, 0.5) is 0 Å². The van der Waals surface area contributed by atoms with Crippen LogP contribution < -0.4 is 9.30 Å². The lowest BCUT2D eigenvalue weighted by Gasteiger charge is -2.03. The van der Waals surface area contributed by atoms with Crippen molar-refractivity contribution in [2.75, 3.05) is 5.50 Å². The average molecular weight is 179 g/mol. The van der Waals surface area contributed by atoms with Gasteiger partial charge in [0.2, 0.25) is 9.84 Å². The molecule has 44 valence electrons. The number of alkyl halides is 1. The first kappa shape index (κ1) is 8.86. The normalized spacial score (nSPS) is 10.5. The van der Waals surface area contributed by atoms with Gasteiger partial charge in [0, 0.05) is 5.50 Å². The van der Waals surface area contributed by atoms with E-state index in [0.717, 1.165) is 5.50 Å². The molecular formula is C2H7ClN2Si3. The van der Waals surface area contributed by atoms with Crippen molar-refractivity contribution in [3.05, 3.63) is 0 Å². The van der Waals surface area contributed by atoms with E-state index in [1.807, 2.05) is 0 Å². The summed E-state index contributed by atoms with van der Waals surface area (Å²) in [6.45, 7) is 2.13. The van der Waals surface area contributed by atoms with E-state index in [4.69, 9.17) is 11.6 Å². The third-order valence-corrected chi connectivity index (χ3v) is 4.85. The monoisotopic (exact) mass is 178 g/mol. The van der Waals surface area contributed by atoms with Gasteiger partial charge in [-0.05, 0) is 0 Å². The third kappa shape index (κ3) is 5.01. The second-order valence-corrected chi connectivity index (χ2v) is 6.17. The van der Waals surface area contributed by atoms with E-state index in [2.05, 4.69) is 26.2 Å². The van der Waals surface area contributed by atoms with Crippen molar-refractivity contribution < 1.29 is 0 Å². The lowest BCUT2D eigenvalue weighted by atomic mass is 11.9. The number of rotatable bonds is 4. The highest BCUT2D eigenvalue weighted by molar-refractivity contribution is 6.70. The van der Waals surface area contributed by atoms with Crippen molar-refractivity contribution >= 4 is 40.8 Å². The molecule has 2 nitrogen and oxygen atoms in total. The molecule has 6 heteroatoms. The summed E-state index contributed by atoms with van der Waals surface area (Å²) in [5, 5.41) is 0. The lowest BCUT2D eigenvalue weighted by Crippen LogP contribution is -2.42. The van der Waals surface area contributed by atoms with E-state index in [-0.39, 0.29) is 0 Å². The average Bonchev–Trinajstić information content (AvgIpc) is 1.83. The second kappa shape index (κ2) is 5.99. The maximum atomic E-state index is 5.53. The predicted molar refractivity (Wildman–Crippen MR) is 40.1 cm³/mol. The molecular weight excluding hydrogens is 172 g/mol. The largest absolute Gasteiger partial charge is 0.352 e. The van der Waals surface area contributed by atoms with Crippen LogP contribution in [-0.4, -0.2) is 34.7 Å². The second-order valence-electron chi connectivity index (χ2n) is 1.29. The summed E-state index contributed by atoms with van der Waals surface area (Å²) in [4.78, 5) is 0. The molecule has 2 N–H and O–H groups in total. The quantitative estimate of drug-likeness (QED) is 0.435. The SMILES string of the molecule is C[Si](CCl)N[Si]N[Si]. The predicted octanol–water partition coefficient (Wildman–Crippen LogP) is -0.817. The summed E-state index contributed by atoms with van der Waals surface area (Å²) >= 11 is 5.53. The molecule has 0 amide bonds. The molecule has 0 spiro atoms. The molecule has 0 aromatic rings. The van der Waals surface area contributed by atoms with Gasteiger partial charge in [-0.25, -0.2) is 0 Å². The van der Waals surface area contributed by atoms with Crippen LogP contribution in [0.2, 0.25) is 6.55 Å². The van der Waals surface area contributed by atoms with Gasteiger partial charge in [-0.3, -0.25) is 0 Å². The Balaban J connectivity index is 2.86. The highest BCUT2D eigenvalue weighted by atomic mass is 35.5. The Morgan fingerprint density at radius 1 is 1.88 bits per heavy atom. The van der Waals surface area contributed by atoms with Gasteiger partial charge in [0.1, 0.15) is 19.4 Å². The van der Waals surface area contributed by atoms with Gasteiger partial charge >= 0.3 is 0 Å². The van der Waals surface area contributed by atoms with E-state index >= 15 is 0 Å². The minimum absolute atomic E-state index is 0.457. The zero-order valence-electron chi connectivity index (χ0n) is 4.59. The van der Waals surface area contributed by atoms with Gasteiger partial charge in [0.05, 0.1) is 0 Å². The fourth-order valence-corrected chi connectivity index (χ4v) is 2.71. The van der Waals surface area contributed by atoms with Crippen LogP contribution in [0.15, 0.2) is 0 Å². The summed E-state index contributed by atoms with van der Waals surface area (Å²) in [5.74, 6) is 0. The molecule has 0 fully saturated rings. The highest BCUT2D eigenvalue weighted by Gasteiger charge is 1.98. The molecule has 6 radical (unpaired) electrons. The maximum absolute atomic E-state index is 5.53. The zero-order chi connectivity index (χ0) is 6.41. The smallest absolute Gasteiger partial charge is 0.229 e. The lowest BCUT2D eigenvalue weighted by molar-refractivity contribution is 1.40. The van der Waals surface area contributed by atoms with Crippen molar-refractivity contribution in [1.29, 1.82) is 0 Å². The molecule has 0 heterocycles. The Morgan fingerprint density at radius 3 is 2.88 bits per heavy atom. The summed E-state index contributed by atoms with van der Waals surface area (Å²) in [5.41, 5.74) is 0.756. The Kier molecular flexibility index (Phi) is 6.63. The van der Waals surface area contributed by atoms with Crippen molar-refractivity contribution in [3.8, 4) is 0 Å². The number of hydrogen-bond acceptors (Lipinski definition) is 2. The summed E-state index contributed by atoms with van der Waals surface area (Å²) in [6.07, 6.45) is 0. The van der Waals surface area contributed by atoms with E-state index < -0.39 is 8.96 Å². The van der Waals surface area contributed by atoms with Gasteiger partial charge < -0.3 is 9.30 Å². The van der Waals surface area contributed by atoms with Crippen LogP contribution in [0, 0.1) is 0 Å². The fraction of sp³-hybridized carbons (Fsp3) is 1.00. The van der Waals surface area contributed by atoms with Crippen LogP contribution in [0.25, 0.3) is 0 Å². The first-order valence-corrected chi connectivity index (χ1v) is 6.36. The molecule has 0 unspecified atom stereocenters. The van der Waals surface area contributed by atoms with Crippen LogP contribution in [0.3, 0.4) is 0 Å². The van der Waals surface area contributed by atoms with E-state index in [1.165, 1.54) is 0 Å². The molecule has 0 bridgehead atoms. The Labute approximate surface area is 62.5 Å². The van der Waals surface area contributed by atoms with E-state index in [9.17, 15) is 0 Å². The number of hydrogen-bond donors (Lipinski definition) is 2. The van der Waals surface area contributed by atoms with Crippen LogP contribution in [0.5, 0.6) is 0 Å².